The molecule has 0 radical (unpaired) electrons. The zero-order chi connectivity index (χ0) is 14.5. The molecule has 0 unspecified atom stereocenters. The number of rotatable bonds is 6. The van der Waals surface area contributed by atoms with E-state index in [0.717, 1.165) is 12.2 Å². The van der Waals surface area contributed by atoms with Gasteiger partial charge < -0.3 is 19.1 Å². The maximum Gasteiger partial charge on any atom is 0.335 e. The molecular formula is C14H16N2O4. The zero-order valence-electron chi connectivity index (χ0n) is 11.4. The third-order valence-corrected chi connectivity index (χ3v) is 2.93. The van der Waals surface area contributed by atoms with Crippen LogP contribution in [0, 0.1) is 0 Å². The number of aromatic nitrogens is 2. The first-order valence-electron chi connectivity index (χ1n) is 6.18. The third kappa shape index (κ3) is 2.90. The molecule has 0 spiro atoms. The number of carboxylic acids is 1. The molecule has 20 heavy (non-hydrogen) atoms. The minimum atomic E-state index is -1.00. The van der Waals surface area contributed by atoms with Crippen LogP contribution in [-0.4, -0.2) is 27.7 Å². The fourth-order valence-corrected chi connectivity index (χ4v) is 1.83. The second kappa shape index (κ2) is 6.10. The highest BCUT2D eigenvalue weighted by molar-refractivity contribution is 5.88. The number of nitrogens with zero attached hydrogens (tertiary/aromatic N) is 2. The lowest BCUT2D eigenvalue weighted by Crippen LogP contribution is -2.05. The normalized spacial score (nSPS) is 10.3. The number of ether oxygens (including phenoxy) is 2. The highest BCUT2D eigenvalue weighted by Crippen LogP contribution is 2.28. The van der Waals surface area contributed by atoms with Crippen LogP contribution in [0.25, 0.3) is 0 Å². The van der Waals surface area contributed by atoms with E-state index >= 15 is 0 Å². The van der Waals surface area contributed by atoms with E-state index in [-0.39, 0.29) is 5.56 Å². The smallest absolute Gasteiger partial charge is 0.335 e. The number of aromatic carboxylic acids is 1. The van der Waals surface area contributed by atoms with Crippen molar-refractivity contribution in [1.82, 2.24) is 9.55 Å². The van der Waals surface area contributed by atoms with Crippen LogP contribution < -0.4 is 9.47 Å². The van der Waals surface area contributed by atoms with Crippen LogP contribution in [0.15, 0.2) is 30.7 Å². The van der Waals surface area contributed by atoms with Crippen LogP contribution in [-0.2, 0) is 13.2 Å². The Kier molecular flexibility index (Phi) is 4.24. The van der Waals surface area contributed by atoms with Gasteiger partial charge in [0.2, 0.25) is 0 Å². The molecule has 6 heteroatoms. The molecule has 1 aromatic carbocycles. The molecule has 106 valence electrons. The fourth-order valence-electron chi connectivity index (χ4n) is 1.83. The van der Waals surface area contributed by atoms with Crippen LogP contribution in [0.3, 0.4) is 0 Å². The summed E-state index contributed by atoms with van der Waals surface area (Å²) in [6.07, 6.45) is 3.45. The van der Waals surface area contributed by atoms with Gasteiger partial charge in [-0.15, -0.1) is 0 Å². The van der Waals surface area contributed by atoms with E-state index in [1.54, 1.807) is 18.6 Å². The number of benzene rings is 1. The van der Waals surface area contributed by atoms with Crippen LogP contribution in [0.4, 0.5) is 0 Å². The lowest BCUT2D eigenvalue weighted by atomic mass is 10.2. The SMILES string of the molecule is CCn1cncc1COc1cc(C(=O)O)ccc1OC. The van der Waals surface area contributed by atoms with E-state index in [1.165, 1.54) is 19.2 Å². The first-order valence-corrected chi connectivity index (χ1v) is 6.18. The molecule has 0 atom stereocenters. The van der Waals surface area contributed by atoms with Gasteiger partial charge in [-0.2, -0.15) is 0 Å². The number of methoxy groups -OCH3 is 1. The van der Waals surface area contributed by atoms with Crippen molar-refractivity contribution >= 4 is 5.97 Å². The molecule has 0 aliphatic carbocycles. The molecule has 0 aliphatic heterocycles. The highest BCUT2D eigenvalue weighted by atomic mass is 16.5. The first kappa shape index (κ1) is 13.9. The summed E-state index contributed by atoms with van der Waals surface area (Å²) >= 11 is 0. The molecule has 0 bridgehead atoms. The van der Waals surface area contributed by atoms with E-state index < -0.39 is 5.97 Å². The summed E-state index contributed by atoms with van der Waals surface area (Å²) in [4.78, 5) is 15.0. The van der Waals surface area contributed by atoms with Crippen molar-refractivity contribution in [3.63, 3.8) is 0 Å². The monoisotopic (exact) mass is 276 g/mol. The number of carbonyl (C=O) groups is 1. The van der Waals surface area contributed by atoms with Crippen LogP contribution in [0.5, 0.6) is 11.5 Å². The molecule has 1 aromatic heterocycles. The second-order valence-corrected chi connectivity index (χ2v) is 4.13. The Hall–Kier alpha value is -2.50. The largest absolute Gasteiger partial charge is 0.493 e. The number of hydrogen-bond donors (Lipinski definition) is 1. The second-order valence-electron chi connectivity index (χ2n) is 4.13. The molecular weight excluding hydrogens is 260 g/mol. The Labute approximate surface area is 116 Å². The summed E-state index contributed by atoms with van der Waals surface area (Å²) in [5.74, 6) is -0.107. The lowest BCUT2D eigenvalue weighted by Gasteiger charge is -2.12. The fraction of sp³-hybridized carbons (Fsp3) is 0.286. The van der Waals surface area contributed by atoms with Gasteiger partial charge in [-0.3, -0.25) is 0 Å². The topological polar surface area (TPSA) is 73.6 Å². The summed E-state index contributed by atoms with van der Waals surface area (Å²) in [6, 6.07) is 4.51. The minimum Gasteiger partial charge on any atom is -0.493 e. The highest BCUT2D eigenvalue weighted by Gasteiger charge is 2.11. The van der Waals surface area contributed by atoms with Gasteiger partial charge in [-0.05, 0) is 25.1 Å². The van der Waals surface area contributed by atoms with E-state index in [4.69, 9.17) is 14.6 Å². The summed E-state index contributed by atoms with van der Waals surface area (Å²) in [7, 11) is 1.51. The number of imidazole rings is 1. The maximum absolute atomic E-state index is 11.0. The van der Waals surface area contributed by atoms with Crippen LogP contribution in [0.1, 0.15) is 23.0 Å². The molecule has 0 amide bonds. The van der Waals surface area contributed by atoms with E-state index in [9.17, 15) is 4.79 Å². The Balaban J connectivity index is 2.19. The summed E-state index contributed by atoms with van der Waals surface area (Å²) in [5, 5.41) is 9.00. The molecule has 0 saturated carbocycles. The third-order valence-electron chi connectivity index (χ3n) is 2.93. The molecule has 2 aromatic rings. The molecule has 0 fully saturated rings. The van der Waals surface area contributed by atoms with E-state index in [2.05, 4.69) is 4.98 Å². The summed E-state index contributed by atoms with van der Waals surface area (Å²) < 4.78 is 12.8. The average molecular weight is 276 g/mol. The van der Waals surface area contributed by atoms with Crippen molar-refractivity contribution in [3.8, 4) is 11.5 Å². The zero-order valence-corrected chi connectivity index (χ0v) is 11.4. The van der Waals surface area contributed by atoms with Crippen molar-refractivity contribution in [2.24, 2.45) is 0 Å². The van der Waals surface area contributed by atoms with Gasteiger partial charge in [0.25, 0.3) is 0 Å². The molecule has 1 N–H and O–H groups in total. The molecule has 0 aliphatic rings. The number of aryl methyl sites for hydroxylation is 1. The Bertz CT molecular complexity index is 607. The van der Waals surface area contributed by atoms with Gasteiger partial charge in [0.15, 0.2) is 11.5 Å². The van der Waals surface area contributed by atoms with Gasteiger partial charge in [0.1, 0.15) is 6.61 Å². The maximum atomic E-state index is 11.0. The van der Waals surface area contributed by atoms with Gasteiger partial charge >= 0.3 is 5.97 Å². The Morgan fingerprint density at radius 2 is 2.20 bits per heavy atom. The molecule has 6 nitrogen and oxygen atoms in total. The van der Waals surface area contributed by atoms with Gasteiger partial charge in [-0.1, -0.05) is 0 Å². The van der Waals surface area contributed by atoms with Crippen molar-refractivity contribution in [1.29, 1.82) is 0 Å². The first-order chi connectivity index (χ1) is 9.65. The minimum absolute atomic E-state index is 0.157. The Morgan fingerprint density at radius 3 is 2.85 bits per heavy atom. The quantitative estimate of drug-likeness (QED) is 0.875. The number of hydrogen-bond acceptors (Lipinski definition) is 4. The van der Waals surface area contributed by atoms with Gasteiger partial charge in [-0.25, -0.2) is 9.78 Å². The number of carboxylic acid groups (broad SMARTS) is 1. The predicted molar refractivity (Wildman–Crippen MR) is 72.2 cm³/mol. The van der Waals surface area contributed by atoms with E-state index in [0.29, 0.717) is 18.1 Å². The molecule has 2 rings (SSSR count). The summed E-state index contributed by atoms with van der Waals surface area (Å²) in [5.41, 5.74) is 1.07. The van der Waals surface area contributed by atoms with Gasteiger partial charge in [0.05, 0.1) is 30.9 Å². The van der Waals surface area contributed by atoms with Crippen LogP contribution in [0.2, 0.25) is 0 Å². The average Bonchev–Trinajstić information content (AvgIpc) is 2.92. The van der Waals surface area contributed by atoms with Crippen molar-refractivity contribution in [2.45, 2.75) is 20.1 Å². The molecule has 0 saturated heterocycles. The standard InChI is InChI=1S/C14H16N2O4/c1-3-16-9-15-7-11(16)8-20-13-6-10(14(17)18)4-5-12(13)19-2/h4-7,9H,3,8H2,1-2H3,(H,17,18). The van der Waals surface area contributed by atoms with Gasteiger partial charge in [0, 0.05) is 6.54 Å². The van der Waals surface area contributed by atoms with Crippen molar-refractivity contribution in [3.05, 3.63) is 42.0 Å². The summed E-state index contributed by atoms with van der Waals surface area (Å²) in [6.45, 7) is 3.11. The van der Waals surface area contributed by atoms with Crippen LogP contribution >= 0.6 is 0 Å². The lowest BCUT2D eigenvalue weighted by molar-refractivity contribution is 0.0696. The van der Waals surface area contributed by atoms with Crippen molar-refractivity contribution < 1.29 is 19.4 Å². The van der Waals surface area contributed by atoms with Crippen molar-refractivity contribution in [2.75, 3.05) is 7.11 Å². The molecule has 1 heterocycles. The predicted octanol–water partition coefficient (Wildman–Crippen LogP) is 2.19. The van der Waals surface area contributed by atoms with E-state index in [1.807, 2.05) is 11.5 Å². The Morgan fingerprint density at radius 1 is 1.40 bits per heavy atom.